The first-order valence-electron chi connectivity index (χ1n) is 6.88. The fourth-order valence-corrected chi connectivity index (χ4v) is 2.99. The second-order valence-electron chi connectivity index (χ2n) is 5.28. The van der Waals surface area contributed by atoms with Crippen molar-refractivity contribution < 1.29 is 0 Å². The van der Waals surface area contributed by atoms with Crippen molar-refractivity contribution in [2.45, 2.75) is 38.5 Å². The third kappa shape index (κ3) is 1.96. The van der Waals surface area contributed by atoms with Gasteiger partial charge in [-0.3, -0.25) is 5.41 Å². The van der Waals surface area contributed by atoms with Crippen LogP contribution in [0.15, 0.2) is 6.07 Å². The Kier molecular flexibility index (Phi) is 2.94. The van der Waals surface area contributed by atoms with Crippen molar-refractivity contribution in [1.29, 1.82) is 5.41 Å². The zero-order valence-electron chi connectivity index (χ0n) is 10.7. The van der Waals surface area contributed by atoms with Gasteiger partial charge in [-0.15, -0.1) is 0 Å². The monoisotopic (exact) mass is 244 g/mol. The minimum atomic E-state index is 0.151. The number of aryl methyl sites for hydroxylation is 2. The number of rotatable bonds is 2. The standard InChI is InChI=1S/C14H20N4/c15-13(16)11-9-10-5-1-2-6-12(10)17-14(11)18-7-3-4-8-18/h9H,1-8H2,(H3,15,16). The van der Waals surface area contributed by atoms with Crippen molar-refractivity contribution in [3.05, 3.63) is 22.9 Å². The number of pyridine rings is 1. The number of hydrogen-bond acceptors (Lipinski definition) is 3. The molecular formula is C14H20N4. The number of nitrogens with one attached hydrogen (secondary N) is 1. The van der Waals surface area contributed by atoms with Gasteiger partial charge in [-0.05, 0) is 50.2 Å². The molecule has 3 N–H and O–H groups in total. The topological polar surface area (TPSA) is 66.0 Å². The van der Waals surface area contributed by atoms with Gasteiger partial charge in [0.25, 0.3) is 0 Å². The Labute approximate surface area is 108 Å². The molecule has 1 aromatic heterocycles. The predicted molar refractivity (Wildman–Crippen MR) is 73.3 cm³/mol. The summed E-state index contributed by atoms with van der Waals surface area (Å²) in [5, 5.41) is 7.77. The van der Waals surface area contributed by atoms with E-state index in [1.54, 1.807) is 0 Å². The van der Waals surface area contributed by atoms with Crippen LogP contribution in [0, 0.1) is 5.41 Å². The lowest BCUT2D eigenvalue weighted by Gasteiger charge is -2.24. The molecule has 3 rings (SSSR count). The molecule has 96 valence electrons. The molecule has 1 aromatic rings. The largest absolute Gasteiger partial charge is 0.384 e. The Morgan fingerprint density at radius 3 is 2.61 bits per heavy atom. The molecule has 2 heterocycles. The lowest BCUT2D eigenvalue weighted by Crippen LogP contribution is -2.26. The molecule has 1 saturated heterocycles. The zero-order valence-corrected chi connectivity index (χ0v) is 10.7. The van der Waals surface area contributed by atoms with E-state index in [0.29, 0.717) is 0 Å². The molecule has 0 radical (unpaired) electrons. The smallest absolute Gasteiger partial charge is 0.139 e. The summed E-state index contributed by atoms with van der Waals surface area (Å²) >= 11 is 0. The van der Waals surface area contributed by atoms with Crippen LogP contribution >= 0.6 is 0 Å². The second kappa shape index (κ2) is 4.59. The maximum atomic E-state index is 7.77. The fraction of sp³-hybridized carbons (Fsp3) is 0.571. The maximum Gasteiger partial charge on any atom is 0.139 e. The summed E-state index contributed by atoms with van der Waals surface area (Å²) in [7, 11) is 0. The predicted octanol–water partition coefficient (Wildman–Crippen LogP) is 1.84. The Hall–Kier alpha value is -1.58. The highest BCUT2D eigenvalue weighted by atomic mass is 15.2. The van der Waals surface area contributed by atoms with Gasteiger partial charge in [-0.2, -0.15) is 0 Å². The number of anilines is 1. The van der Waals surface area contributed by atoms with Crippen LogP contribution in [0.1, 0.15) is 42.5 Å². The first-order valence-corrected chi connectivity index (χ1v) is 6.88. The third-order valence-electron chi connectivity index (χ3n) is 3.98. The highest BCUT2D eigenvalue weighted by Crippen LogP contribution is 2.28. The van der Waals surface area contributed by atoms with E-state index in [2.05, 4.69) is 11.0 Å². The van der Waals surface area contributed by atoms with E-state index in [0.717, 1.165) is 37.3 Å². The van der Waals surface area contributed by atoms with Gasteiger partial charge in [0.2, 0.25) is 0 Å². The van der Waals surface area contributed by atoms with Crippen molar-refractivity contribution in [1.82, 2.24) is 4.98 Å². The molecule has 0 unspecified atom stereocenters. The molecule has 0 atom stereocenters. The summed E-state index contributed by atoms with van der Waals surface area (Å²) in [6, 6.07) is 2.11. The summed E-state index contributed by atoms with van der Waals surface area (Å²) < 4.78 is 0. The van der Waals surface area contributed by atoms with Crippen molar-refractivity contribution in [2.75, 3.05) is 18.0 Å². The number of fused-ring (bicyclic) bond motifs is 1. The number of hydrogen-bond donors (Lipinski definition) is 2. The van der Waals surface area contributed by atoms with Crippen molar-refractivity contribution in [3.63, 3.8) is 0 Å². The Morgan fingerprint density at radius 1 is 1.17 bits per heavy atom. The average Bonchev–Trinajstić information content (AvgIpc) is 2.91. The van der Waals surface area contributed by atoms with Crippen LogP contribution in [0.4, 0.5) is 5.82 Å². The average molecular weight is 244 g/mol. The Morgan fingerprint density at radius 2 is 1.89 bits per heavy atom. The first kappa shape index (κ1) is 11.5. The van der Waals surface area contributed by atoms with Crippen LogP contribution in [0.2, 0.25) is 0 Å². The van der Waals surface area contributed by atoms with Gasteiger partial charge < -0.3 is 10.6 Å². The first-order chi connectivity index (χ1) is 8.75. The molecule has 18 heavy (non-hydrogen) atoms. The van der Waals surface area contributed by atoms with E-state index in [1.807, 2.05) is 0 Å². The van der Waals surface area contributed by atoms with Crippen molar-refractivity contribution in [3.8, 4) is 0 Å². The lowest BCUT2D eigenvalue weighted by atomic mass is 9.94. The number of aromatic nitrogens is 1. The van der Waals surface area contributed by atoms with Crippen LogP contribution < -0.4 is 10.6 Å². The number of nitrogen functional groups attached to an aromatic ring is 1. The van der Waals surface area contributed by atoms with Gasteiger partial charge in [-0.1, -0.05) is 0 Å². The summed E-state index contributed by atoms with van der Waals surface area (Å²) in [6.45, 7) is 2.10. The molecule has 0 bridgehead atoms. The molecule has 0 amide bonds. The number of nitrogens with two attached hydrogens (primary N) is 1. The van der Waals surface area contributed by atoms with Crippen LogP contribution in [0.25, 0.3) is 0 Å². The van der Waals surface area contributed by atoms with Crippen LogP contribution in [0.3, 0.4) is 0 Å². The van der Waals surface area contributed by atoms with E-state index in [-0.39, 0.29) is 5.84 Å². The van der Waals surface area contributed by atoms with Gasteiger partial charge in [0.1, 0.15) is 11.7 Å². The molecule has 4 heteroatoms. The summed E-state index contributed by atoms with van der Waals surface area (Å²) in [4.78, 5) is 7.10. The van der Waals surface area contributed by atoms with E-state index in [1.165, 1.54) is 36.9 Å². The van der Waals surface area contributed by atoms with E-state index < -0.39 is 0 Å². The summed E-state index contributed by atoms with van der Waals surface area (Å²) in [5.74, 6) is 1.10. The van der Waals surface area contributed by atoms with Crippen molar-refractivity contribution >= 4 is 11.7 Å². The quantitative estimate of drug-likeness (QED) is 0.616. The molecular weight excluding hydrogens is 224 g/mol. The van der Waals surface area contributed by atoms with Crippen molar-refractivity contribution in [2.24, 2.45) is 5.73 Å². The maximum absolute atomic E-state index is 7.77. The third-order valence-corrected chi connectivity index (χ3v) is 3.98. The minimum absolute atomic E-state index is 0.151. The van der Waals surface area contributed by atoms with Crippen LogP contribution in [0.5, 0.6) is 0 Å². The van der Waals surface area contributed by atoms with Gasteiger partial charge >= 0.3 is 0 Å². The van der Waals surface area contributed by atoms with Crippen LogP contribution in [-0.4, -0.2) is 23.9 Å². The fourth-order valence-electron chi connectivity index (χ4n) is 2.99. The molecule has 0 saturated carbocycles. The SMILES string of the molecule is N=C(N)c1cc2c(nc1N1CCCC1)CCCC2. The highest BCUT2D eigenvalue weighted by Gasteiger charge is 2.22. The molecule has 1 fully saturated rings. The van der Waals surface area contributed by atoms with Gasteiger partial charge in [0.15, 0.2) is 0 Å². The van der Waals surface area contributed by atoms with Gasteiger partial charge in [0.05, 0.1) is 5.56 Å². The molecule has 1 aliphatic heterocycles. The highest BCUT2D eigenvalue weighted by molar-refractivity contribution is 6.00. The molecule has 0 aromatic carbocycles. The summed E-state index contributed by atoms with van der Waals surface area (Å²) in [6.07, 6.45) is 7.07. The van der Waals surface area contributed by atoms with Gasteiger partial charge in [-0.25, -0.2) is 4.98 Å². The molecule has 0 spiro atoms. The van der Waals surface area contributed by atoms with Crippen LogP contribution in [-0.2, 0) is 12.8 Å². The Balaban J connectivity index is 2.06. The van der Waals surface area contributed by atoms with E-state index in [9.17, 15) is 0 Å². The molecule has 2 aliphatic rings. The lowest BCUT2D eigenvalue weighted by molar-refractivity contribution is 0.666. The van der Waals surface area contributed by atoms with Gasteiger partial charge in [0, 0.05) is 18.8 Å². The Bertz CT molecular complexity index is 475. The number of amidine groups is 1. The second-order valence-corrected chi connectivity index (χ2v) is 5.28. The molecule has 1 aliphatic carbocycles. The zero-order chi connectivity index (χ0) is 12.5. The van der Waals surface area contributed by atoms with E-state index in [4.69, 9.17) is 16.1 Å². The number of nitrogens with zero attached hydrogens (tertiary/aromatic N) is 2. The summed E-state index contributed by atoms with van der Waals surface area (Å²) in [5.41, 5.74) is 9.09. The normalized spacial score (nSPS) is 18.8. The minimum Gasteiger partial charge on any atom is -0.384 e. The van der Waals surface area contributed by atoms with E-state index >= 15 is 0 Å². The molecule has 4 nitrogen and oxygen atoms in total.